The number of carbonyl (C=O) groups is 2. The Balaban J connectivity index is 0.000000317. The summed E-state index contributed by atoms with van der Waals surface area (Å²) in [5.74, 6) is -4.22. The number of aliphatic carboxylic acids is 2. The van der Waals surface area contributed by atoms with E-state index in [1.165, 1.54) is 0 Å². The van der Waals surface area contributed by atoms with E-state index in [0.29, 0.717) is 12.5 Å². The van der Waals surface area contributed by atoms with Gasteiger partial charge in [0, 0.05) is 43.9 Å². The van der Waals surface area contributed by atoms with Crippen LogP contribution in [0.4, 0.5) is 36.6 Å². The molecule has 2 aromatic heterocycles. The fourth-order valence-corrected chi connectivity index (χ4v) is 4.59. The standard InChI is InChI=1S/C23H28FN5O.2C2HF3O2/c1-27-16-25-22-21(27)14-20(26-23(22)29-10-12-30-13-11-29)17-6-8-28(9-7-17)15-18-4-2-3-5-19(18)24;2*3-2(4,5)1(6)7/h2-5,14,16-17H,6-13,15H2,1H3;2*(H,6,7). The molecule has 10 nitrogen and oxygen atoms in total. The highest BCUT2D eigenvalue weighted by atomic mass is 19.4. The molecule has 2 N–H and O–H groups in total. The number of alkyl halides is 6. The number of aromatic nitrogens is 3. The van der Waals surface area contributed by atoms with Crippen molar-refractivity contribution in [2.24, 2.45) is 7.05 Å². The number of halogens is 7. The number of nitrogens with zero attached hydrogens (tertiary/aromatic N) is 5. The van der Waals surface area contributed by atoms with E-state index in [2.05, 4.69) is 25.4 Å². The summed E-state index contributed by atoms with van der Waals surface area (Å²) >= 11 is 0. The smallest absolute Gasteiger partial charge is 0.475 e. The van der Waals surface area contributed by atoms with Crippen molar-refractivity contribution in [1.82, 2.24) is 19.4 Å². The second-order valence-corrected chi connectivity index (χ2v) is 9.94. The van der Waals surface area contributed by atoms with Crippen LogP contribution in [0.3, 0.4) is 0 Å². The van der Waals surface area contributed by atoms with Gasteiger partial charge in [0.15, 0.2) is 5.82 Å². The highest BCUT2D eigenvalue weighted by Gasteiger charge is 2.39. The molecule has 0 aliphatic carbocycles. The van der Waals surface area contributed by atoms with Gasteiger partial charge in [0.25, 0.3) is 0 Å². The van der Waals surface area contributed by atoms with E-state index in [1.54, 1.807) is 12.1 Å². The number of anilines is 1. The molecule has 2 fully saturated rings. The molecule has 242 valence electrons. The SMILES string of the molecule is Cn1cnc2c(N3CCOCC3)nc(C3CCN(Cc4ccccc4F)CC3)cc21.O=C(O)C(F)(F)F.O=C(O)C(F)(F)F. The molecular formula is C27H30F7N5O5. The van der Waals surface area contributed by atoms with Gasteiger partial charge >= 0.3 is 24.3 Å². The minimum Gasteiger partial charge on any atom is -0.475 e. The van der Waals surface area contributed by atoms with Crippen molar-refractivity contribution in [3.63, 3.8) is 0 Å². The fourth-order valence-electron chi connectivity index (χ4n) is 4.59. The molecule has 44 heavy (non-hydrogen) atoms. The van der Waals surface area contributed by atoms with Gasteiger partial charge in [-0.3, -0.25) is 4.90 Å². The molecule has 17 heteroatoms. The summed E-state index contributed by atoms with van der Waals surface area (Å²) in [5.41, 5.74) is 4.04. The number of rotatable bonds is 4. The first-order chi connectivity index (χ1) is 20.6. The predicted molar refractivity (Wildman–Crippen MR) is 143 cm³/mol. The Kier molecular flexibility index (Phi) is 11.5. The van der Waals surface area contributed by atoms with E-state index in [-0.39, 0.29) is 5.82 Å². The topological polar surface area (TPSA) is 121 Å². The van der Waals surface area contributed by atoms with Gasteiger partial charge < -0.3 is 24.4 Å². The molecule has 0 atom stereocenters. The molecule has 5 rings (SSSR count). The van der Waals surface area contributed by atoms with Crippen molar-refractivity contribution >= 4 is 28.8 Å². The number of pyridine rings is 1. The van der Waals surface area contributed by atoms with Crippen LogP contribution >= 0.6 is 0 Å². The second-order valence-electron chi connectivity index (χ2n) is 9.94. The van der Waals surface area contributed by atoms with Crippen LogP contribution in [0.1, 0.15) is 30.0 Å². The number of ether oxygens (including phenoxy) is 1. The summed E-state index contributed by atoms with van der Waals surface area (Å²) in [4.78, 5) is 32.2. The van der Waals surface area contributed by atoms with Crippen molar-refractivity contribution in [2.45, 2.75) is 37.7 Å². The fraction of sp³-hybridized carbons (Fsp3) is 0.481. The van der Waals surface area contributed by atoms with Gasteiger partial charge in [-0.1, -0.05) is 18.2 Å². The van der Waals surface area contributed by atoms with E-state index in [0.717, 1.165) is 80.3 Å². The first-order valence-corrected chi connectivity index (χ1v) is 13.3. The summed E-state index contributed by atoms with van der Waals surface area (Å²) < 4.78 is 85.1. The Bertz CT molecular complexity index is 1390. The largest absolute Gasteiger partial charge is 0.490 e. The van der Waals surface area contributed by atoms with Gasteiger partial charge in [-0.05, 0) is 38.1 Å². The lowest BCUT2D eigenvalue weighted by Crippen LogP contribution is -2.37. The summed E-state index contributed by atoms with van der Waals surface area (Å²) in [6.07, 6.45) is -6.22. The van der Waals surface area contributed by atoms with Crippen molar-refractivity contribution in [3.8, 4) is 0 Å². The third kappa shape index (κ3) is 9.51. The maximum atomic E-state index is 14.0. The number of hydrogen-bond donors (Lipinski definition) is 2. The summed E-state index contributed by atoms with van der Waals surface area (Å²) in [7, 11) is 2.04. The number of likely N-dealkylation sites (tertiary alicyclic amines) is 1. The maximum absolute atomic E-state index is 14.0. The van der Waals surface area contributed by atoms with Crippen molar-refractivity contribution in [2.75, 3.05) is 44.3 Å². The Morgan fingerprint density at radius 3 is 2.02 bits per heavy atom. The normalized spacial score (nSPS) is 16.5. The number of imidazole rings is 1. The third-order valence-electron chi connectivity index (χ3n) is 6.87. The van der Waals surface area contributed by atoms with E-state index in [9.17, 15) is 30.7 Å². The van der Waals surface area contributed by atoms with Crippen LogP contribution in [-0.4, -0.2) is 93.3 Å². The first kappa shape index (κ1) is 34.5. The highest BCUT2D eigenvalue weighted by molar-refractivity contribution is 5.87. The molecule has 0 bridgehead atoms. The van der Waals surface area contributed by atoms with Gasteiger partial charge in [0.1, 0.15) is 11.3 Å². The average molecular weight is 638 g/mol. The number of morpholine rings is 1. The third-order valence-corrected chi connectivity index (χ3v) is 6.87. The van der Waals surface area contributed by atoms with Gasteiger partial charge in [0.05, 0.1) is 25.1 Å². The van der Waals surface area contributed by atoms with Crippen molar-refractivity contribution < 1.29 is 55.3 Å². The first-order valence-electron chi connectivity index (χ1n) is 13.3. The van der Waals surface area contributed by atoms with Crippen LogP contribution in [0.2, 0.25) is 0 Å². The highest BCUT2D eigenvalue weighted by Crippen LogP contribution is 2.33. The minimum atomic E-state index is -5.08. The molecule has 1 aromatic carbocycles. The molecule has 2 aliphatic rings. The summed E-state index contributed by atoms with van der Waals surface area (Å²) in [6, 6.07) is 9.29. The second kappa shape index (κ2) is 14.7. The molecule has 3 aromatic rings. The zero-order valence-electron chi connectivity index (χ0n) is 23.4. The van der Waals surface area contributed by atoms with Crippen LogP contribution in [-0.2, 0) is 27.9 Å². The van der Waals surface area contributed by atoms with Crippen LogP contribution in [0.15, 0.2) is 36.7 Å². The number of carboxylic acid groups (broad SMARTS) is 2. The molecule has 4 heterocycles. The number of fused-ring (bicyclic) bond motifs is 1. The lowest BCUT2D eigenvalue weighted by atomic mass is 9.92. The number of piperidine rings is 1. The molecule has 0 unspecified atom stereocenters. The van der Waals surface area contributed by atoms with E-state index >= 15 is 0 Å². The molecule has 2 aliphatic heterocycles. The van der Waals surface area contributed by atoms with E-state index < -0.39 is 24.3 Å². The van der Waals surface area contributed by atoms with Crippen LogP contribution in [0, 0.1) is 5.82 Å². The number of carboxylic acids is 2. The Hall–Kier alpha value is -3.99. The van der Waals surface area contributed by atoms with Gasteiger partial charge in [-0.2, -0.15) is 26.3 Å². The Labute approximate surface area is 246 Å². The van der Waals surface area contributed by atoms with Crippen LogP contribution < -0.4 is 4.90 Å². The van der Waals surface area contributed by atoms with Crippen molar-refractivity contribution in [1.29, 1.82) is 0 Å². The Morgan fingerprint density at radius 2 is 1.50 bits per heavy atom. The zero-order valence-corrected chi connectivity index (χ0v) is 23.4. The molecular weight excluding hydrogens is 607 g/mol. The number of aryl methyl sites for hydroxylation is 1. The van der Waals surface area contributed by atoms with Gasteiger partial charge in [-0.15, -0.1) is 0 Å². The van der Waals surface area contributed by atoms with Gasteiger partial charge in [-0.25, -0.2) is 23.9 Å². The quantitative estimate of drug-likeness (QED) is 0.396. The van der Waals surface area contributed by atoms with Crippen molar-refractivity contribution in [3.05, 3.63) is 53.7 Å². The predicted octanol–water partition coefficient (Wildman–Crippen LogP) is 4.59. The monoisotopic (exact) mass is 637 g/mol. The molecule has 0 saturated carbocycles. The molecule has 0 spiro atoms. The maximum Gasteiger partial charge on any atom is 0.490 e. The van der Waals surface area contributed by atoms with Crippen LogP contribution in [0.5, 0.6) is 0 Å². The molecule has 0 radical (unpaired) electrons. The lowest BCUT2D eigenvalue weighted by Gasteiger charge is -2.33. The number of hydrogen-bond acceptors (Lipinski definition) is 7. The molecule has 2 saturated heterocycles. The van der Waals surface area contributed by atoms with Crippen LogP contribution in [0.25, 0.3) is 11.0 Å². The average Bonchev–Trinajstić information content (AvgIpc) is 3.35. The summed E-state index contributed by atoms with van der Waals surface area (Å²) in [6.45, 7) is 5.75. The minimum absolute atomic E-state index is 0.113. The Morgan fingerprint density at radius 1 is 0.955 bits per heavy atom. The van der Waals surface area contributed by atoms with E-state index in [1.807, 2.05) is 25.5 Å². The lowest BCUT2D eigenvalue weighted by molar-refractivity contribution is -0.193. The van der Waals surface area contributed by atoms with E-state index in [4.69, 9.17) is 29.5 Å². The summed E-state index contributed by atoms with van der Waals surface area (Å²) in [5, 5.41) is 14.2. The molecule has 0 amide bonds. The zero-order chi connectivity index (χ0) is 32.7. The number of benzene rings is 1. The van der Waals surface area contributed by atoms with Gasteiger partial charge in [0.2, 0.25) is 0 Å².